The first kappa shape index (κ1) is 10.9. The summed E-state index contributed by atoms with van der Waals surface area (Å²) >= 11 is 0. The molecule has 0 saturated carbocycles. The van der Waals surface area contributed by atoms with Gasteiger partial charge in [-0.2, -0.15) is 10.2 Å². The summed E-state index contributed by atoms with van der Waals surface area (Å²) in [5.74, 6) is 0. The minimum absolute atomic E-state index is 0.331. The average molecular weight is 219 g/mol. The maximum Gasteiger partial charge on any atom is 0.0641 e. The fourth-order valence-corrected chi connectivity index (χ4v) is 1.58. The number of rotatable bonds is 5. The van der Waals surface area contributed by atoms with E-state index in [1.54, 1.807) is 12.4 Å². The zero-order chi connectivity index (χ0) is 11.4. The molecule has 0 spiro atoms. The highest BCUT2D eigenvalue weighted by Crippen LogP contribution is 2.09. The topological polar surface area (TPSA) is 58.5 Å². The number of hydrogen-bond acceptors (Lipinski definition) is 3. The van der Waals surface area contributed by atoms with E-state index in [4.69, 9.17) is 0 Å². The van der Waals surface area contributed by atoms with Crippen LogP contribution in [0.1, 0.15) is 25.6 Å². The highest BCUT2D eigenvalue weighted by molar-refractivity contribution is 4.97. The summed E-state index contributed by atoms with van der Waals surface area (Å²) < 4.78 is 1.96. The van der Waals surface area contributed by atoms with Gasteiger partial charge in [0.1, 0.15) is 0 Å². The van der Waals surface area contributed by atoms with Crippen molar-refractivity contribution in [3.8, 4) is 0 Å². The molecule has 2 aromatic heterocycles. The fraction of sp³-hybridized carbons (Fsp3) is 0.455. The minimum Gasteiger partial charge on any atom is -0.307 e. The number of H-pyrrole nitrogens is 1. The largest absolute Gasteiger partial charge is 0.307 e. The van der Waals surface area contributed by atoms with Gasteiger partial charge in [-0.25, -0.2) is 0 Å². The molecule has 16 heavy (non-hydrogen) atoms. The van der Waals surface area contributed by atoms with Crippen molar-refractivity contribution >= 4 is 0 Å². The van der Waals surface area contributed by atoms with Crippen molar-refractivity contribution in [1.82, 2.24) is 25.3 Å². The molecule has 0 aliphatic rings. The van der Waals surface area contributed by atoms with Crippen molar-refractivity contribution < 1.29 is 0 Å². The first-order valence-electron chi connectivity index (χ1n) is 5.48. The van der Waals surface area contributed by atoms with Gasteiger partial charge in [-0.05, 0) is 26.0 Å². The SMILES string of the molecule is C[C@H]([C@@H](C)NCc1ccn[nH]1)n1cccn1. The first-order chi connectivity index (χ1) is 7.77. The van der Waals surface area contributed by atoms with Gasteiger partial charge >= 0.3 is 0 Å². The number of hydrogen-bond donors (Lipinski definition) is 2. The number of nitrogens with zero attached hydrogens (tertiary/aromatic N) is 3. The van der Waals surface area contributed by atoms with Gasteiger partial charge in [-0.3, -0.25) is 9.78 Å². The van der Waals surface area contributed by atoms with Crippen molar-refractivity contribution in [3.63, 3.8) is 0 Å². The number of nitrogens with one attached hydrogen (secondary N) is 2. The van der Waals surface area contributed by atoms with Crippen LogP contribution in [0.2, 0.25) is 0 Å². The lowest BCUT2D eigenvalue weighted by atomic mass is 10.1. The lowest BCUT2D eigenvalue weighted by molar-refractivity contribution is 0.363. The van der Waals surface area contributed by atoms with Crippen molar-refractivity contribution in [2.24, 2.45) is 0 Å². The zero-order valence-electron chi connectivity index (χ0n) is 9.59. The van der Waals surface area contributed by atoms with Crippen LogP contribution < -0.4 is 5.32 Å². The molecule has 5 nitrogen and oxygen atoms in total. The summed E-state index contributed by atoms with van der Waals surface area (Å²) in [5, 5.41) is 14.5. The van der Waals surface area contributed by atoms with E-state index in [2.05, 4.69) is 34.5 Å². The van der Waals surface area contributed by atoms with Gasteiger partial charge in [0.15, 0.2) is 0 Å². The third-order valence-corrected chi connectivity index (χ3v) is 2.84. The summed E-state index contributed by atoms with van der Waals surface area (Å²) in [7, 11) is 0. The first-order valence-corrected chi connectivity index (χ1v) is 5.48. The molecule has 86 valence electrons. The van der Waals surface area contributed by atoms with Crippen LogP contribution in [-0.4, -0.2) is 26.0 Å². The second-order valence-corrected chi connectivity index (χ2v) is 3.98. The fourth-order valence-electron chi connectivity index (χ4n) is 1.58. The van der Waals surface area contributed by atoms with Gasteiger partial charge in [0.05, 0.1) is 6.04 Å². The standard InChI is InChI=1S/C11H17N5/c1-9(10(2)16-7-3-5-14-16)12-8-11-4-6-13-15-11/h3-7,9-10,12H,8H2,1-2H3,(H,13,15)/t9-,10-/m1/s1. The molecular formula is C11H17N5. The predicted octanol–water partition coefficient (Wildman–Crippen LogP) is 1.35. The summed E-state index contributed by atoms with van der Waals surface area (Å²) in [5.41, 5.74) is 1.10. The van der Waals surface area contributed by atoms with E-state index in [-0.39, 0.29) is 0 Å². The second-order valence-electron chi connectivity index (χ2n) is 3.98. The van der Waals surface area contributed by atoms with Crippen LogP contribution in [0, 0.1) is 0 Å². The van der Waals surface area contributed by atoms with E-state index in [1.807, 2.05) is 23.0 Å². The molecule has 2 atom stereocenters. The molecule has 5 heteroatoms. The molecule has 2 N–H and O–H groups in total. The highest BCUT2D eigenvalue weighted by atomic mass is 15.3. The molecule has 0 unspecified atom stereocenters. The van der Waals surface area contributed by atoms with E-state index in [9.17, 15) is 0 Å². The highest BCUT2D eigenvalue weighted by Gasteiger charge is 2.13. The predicted molar refractivity (Wildman–Crippen MR) is 61.8 cm³/mol. The summed E-state index contributed by atoms with van der Waals surface area (Å²) in [6.45, 7) is 5.10. The van der Waals surface area contributed by atoms with Crippen LogP contribution in [0.15, 0.2) is 30.7 Å². The van der Waals surface area contributed by atoms with Crippen LogP contribution >= 0.6 is 0 Å². The van der Waals surface area contributed by atoms with Crippen LogP contribution in [0.25, 0.3) is 0 Å². The van der Waals surface area contributed by atoms with Crippen molar-refractivity contribution in [2.75, 3.05) is 0 Å². The van der Waals surface area contributed by atoms with E-state index in [1.165, 1.54) is 0 Å². The molecule has 0 radical (unpaired) electrons. The lowest BCUT2D eigenvalue weighted by Gasteiger charge is -2.21. The molecule has 0 amide bonds. The summed E-state index contributed by atoms with van der Waals surface area (Å²) in [6.07, 6.45) is 5.55. The molecule has 2 rings (SSSR count). The van der Waals surface area contributed by atoms with E-state index < -0.39 is 0 Å². The Hall–Kier alpha value is -1.62. The van der Waals surface area contributed by atoms with E-state index >= 15 is 0 Å². The molecule has 0 saturated heterocycles. The molecule has 2 aromatic rings. The lowest BCUT2D eigenvalue weighted by Crippen LogP contribution is -2.33. The van der Waals surface area contributed by atoms with Crippen LogP contribution in [0.5, 0.6) is 0 Å². The van der Waals surface area contributed by atoms with Crippen molar-refractivity contribution in [2.45, 2.75) is 32.5 Å². The molecule has 2 heterocycles. The zero-order valence-corrected chi connectivity index (χ0v) is 9.59. The molecule has 0 fully saturated rings. The Labute approximate surface area is 94.9 Å². The Morgan fingerprint density at radius 1 is 1.44 bits per heavy atom. The maximum atomic E-state index is 4.24. The van der Waals surface area contributed by atoms with Crippen LogP contribution in [0.4, 0.5) is 0 Å². The second kappa shape index (κ2) is 4.94. The average Bonchev–Trinajstić information content (AvgIpc) is 2.96. The van der Waals surface area contributed by atoms with Gasteiger partial charge in [-0.1, -0.05) is 0 Å². The Morgan fingerprint density at radius 3 is 2.94 bits per heavy atom. The van der Waals surface area contributed by atoms with Gasteiger partial charge in [-0.15, -0.1) is 0 Å². The summed E-state index contributed by atoms with van der Waals surface area (Å²) in [4.78, 5) is 0. The minimum atomic E-state index is 0.331. The smallest absolute Gasteiger partial charge is 0.0641 e. The Bertz CT molecular complexity index is 392. The van der Waals surface area contributed by atoms with E-state index in [0.717, 1.165) is 12.2 Å². The van der Waals surface area contributed by atoms with E-state index in [0.29, 0.717) is 12.1 Å². The van der Waals surface area contributed by atoms with Gasteiger partial charge in [0.25, 0.3) is 0 Å². The third kappa shape index (κ3) is 2.49. The monoisotopic (exact) mass is 219 g/mol. The number of aromatic nitrogens is 4. The van der Waals surface area contributed by atoms with Gasteiger partial charge in [0.2, 0.25) is 0 Å². The van der Waals surface area contributed by atoms with Crippen molar-refractivity contribution in [1.29, 1.82) is 0 Å². The molecule has 0 bridgehead atoms. The Kier molecular flexibility index (Phi) is 3.36. The molecular weight excluding hydrogens is 202 g/mol. The Balaban J connectivity index is 1.86. The maximum absolute atomic E-state index is 4.24. The third-order valence-electron chi connectivity index (χ3n) is 2.84. The molecule has 0 aromatic carbocycles. The van der Waals surface area contributed by atoms with Crippen molar-refractivity contribution in [3.05, 3.63) is 36.4 Å². The quantitative estimate of drug-likeness (QED) is 0.798. The van der Waals surface area contributed by atoms with Crippen LogP contribution in [0.3, 0.4) is 0 Å². The molecule has 0 aliphatic heterocycles. The normalized spacial score (nSPS) is 14.9. The van der Waals surface area contributed by atoms with Crippen LogP contribution in [-0.2, 0) is 6.54 Å². The summed E-state index contributed by atoms with van der Waals surface area (Å²) in [6, 6.07) is 4.59. The Morgan fingerprint density at radius 2 is 2.31 bits per heavy atom. The van der Waals surface area contributed by atoms with Gasteiger partial charge in [0, 0.05) is 36.9 Å². The van der Waals surface area contributed by atoms with Gasteiger partial charge < -0.3 is 5.32 Å². The number of aromatic amines is 1. The molecule has 0 aliphatic carbocycles.